The largest absolute Gasteiger partial charge is 0.315 e. The smallest absolute Gasteiger partial charge is 0.143 e. The molecule has 1 unspecified atom stereocenters. The number of halogens is 3. The van der Waals surface area contributed by atoms with Crippen molar-refractivity contribution in [2.75, 3.05) is 6.54 Å². The summed E-state index contributed by atoms with van der Waals surface area (Å²) >= 11 is 3.11. The van der Waals surface area contributed by atoms with Crippen molar-refractivity contribution < 1.29 is 8.78 Å². The van der Waals surface area contributed by atoms with Gasteiger partial charge >= 0.3 is 0 Å². The van der Waals surface area contributed by atoms with Crippen LogP contribution >= 0.6 is 15.9 Å². The van der Waals surface area contributed by atoms with E-state index in [0.29, 0.717) is 16.9 Å². The first-order chi connectivity index (χ1) is 8.76. The third-order valence-corrected chi connectivity index (χ3v) is 3.82. The van der Waals surface area contributed by atoms with E-state index < -0.39 is 11.6 Å². The summed E-state index contributed by atoms with van der Waals surface area (Å²) in [4.78, 5) is 0. The molecule has 0 radical (unpaired) electrons. The van der Waals surface area contributed by atoms with E-state index in [4.69, 9.17) is 0 Å². The zero-order valence-electron chi connectivity index (χ0n) is 12.0. The van der Waals surface area contributed by atoms with Gasteiger partial charge in [0.15, 0.2) is 0 Å². The van der Waals surface area contributed by atoms with E-state index in [1.54, 1.807) is 0 Å². The summed E-state index contributed by atoms with van der Waals surface area (Å²) in [6, 6.07) is 3.05. The van der Waals surface area contributed by atoms with Crippen molar-refractivity contribution in [2.24, 2.45) is 5.41 Å². The Balaban J connectivity index is 2.86. The predicted molar refractivity (Wildman–Crippen MR) is 79.3 cm³/mol. The van der Waals surface area contributed by atoms with Gasteiger partial charge in [-0.25, -0.2) is 8.78 Å². The molecule has 1 atom stereocenters. The molecule has 1 rings (SSSR count). The predicted octanol–water partition coefficient (Wildman–Crippen LogP) is 4.68. The highest BCUT2D eigenvalue weighted by atomic mass is 79.9. The minimum Gasteiger partial charge on any atom is -0.315 e. The number of rotatable bonds is 6. The maximum absolute atomic E-state index is 14.0. The number of nitrogens with one attached hydrogen (secondary N) is 1. The van der Waals surface area contributed by atoms with Gasteiger partial charge in [-0.2, -0.15) is 0 Å². The van der Waals surface area contributed by atoms with Gasteiger partial charge < -0.3 is 5.32 Å². The van der Waals surface area contributed by atoms with Crippen LogP contribution < -0.4 is 5.32 Å². The van der Waals surface area contributed by atoms with Crippen molar-refractivity contribution in [3.8, 4) is 0 Å². The first kappa shape index (κ1) is 16.6. The summed E-state index contributed by atoms with van der Waals surface area (Å²) in [5.74, 6) is -0.950. The lowest BCUT2D eigenvalue weighted by molar-refractivity contribution is 0.281. The van der Waals surface area contributed by atoms with Crippen LogP contribution in [0.1, 0.15) is 39.7 Å². The van der Waals surface area contributed by atoms with Crippen molar-refractivity contribution in [1.29, 1.82) is 0 Å². The van der Waals surface area contributed by atoms with Gasteiger partial charge in [0.2, 0.25) is 0 Å². The Morgan fingerprint density at radius 1 is 1.32 bits per heavy atom. The SMILES string of the molecule is CCNC(C)CC(C)(C)Cc1c(F)ccc(Br)c1F. The molecule has 0 saturated heterocycles. The van der Waals surface area contributed by atoms with Crippen LogP contribution in [0.4, 0.5) is 8.78 Å². The quantitative estimate of drug-likeness (QED) is 0.745. The van der Waals surface area contributed by atoms with Gasteiger partial charge in [-0.1, -0.05) is 20.8 Å². The maximum atomic E-state index is 14.0. The molecule has 0 aliphatic rings. The van der Waals surface area contributed by atoms with Crippen LogP contribution in [0.2, 0.25) is 0 Å². The molecule has 1 N–H and O–H groups in total. The lowest BCUT2D eigenvalue weighted by Crippen LogP contribution is -2.32. The van der Waals surface area contributed by atoms with E-state index in [1.807, 2.05) is 13.8 Å². The van der Waals surface area contributed by atoms with Gasteiger partial charge in [-0.3, -0.25) is 0 Å². The maximum Gasteiger partial charge on any atom is 0.143 e. The van der Waals surface area contributed by atoms with Gasteiger partial charge in [0.05, 0.1) is 4.47 Å². The van der Waals surface area contributed by atoms with Crippen LogP contribution in [0.25, 0.3) is 0 Å². The van der Waals surface area contributed by atoms with E-state index >= 15 is 0 Å². The standard InChI is InChI=1S/C15H22BrF2N/c1-5-19-10(2)8-15(3,4)9-11-13(17)7-6-12(16)14(11)18/h6-7,10,19H,5,8-9H2,1-4H3. The molecular weight excluding hydrogens is 312 g/mol. The summed E-state index contributed by atoms with van der Waals surface area (Å²) < 4.78 is 28.1. The molecule has 0 amide bonds. The zero-order valence-corrected chi connectivity index (χ0v) is 13.6. The summed E-state index contributed by atoms with van der Waals surface area (Å²) in [6.45, 7) is 9.13. The fourth-order valence-electron chi connectivity index (χ4n) is 2.53. The van der Waals surface area contributed by atoms with Crippen LogP contribution in [-0.4, -0.2) is 12.6 Å². The number of hydrogen-bond acceptors (Lipinski definition) is 1. The van der Waals surface area contributed by atoms with Crippen LogP contribution in [0.15, 0.2) is 16.6 Å². The second-order valence-corrected chi connectivity index (χ2v) is 6.68. The van der Waals surface area contributed by atoms with Gasteiger partial charge in [-0.15, -0.1) is 0 Å². The molecule has 4 heteroatoms. The lowest BCUT2D eigenvalue weighted by Gasteiger charge is -2.29. The average molecular weight is 334 g/mol. The normalized spacial score (nSPS) is 13.6. The first-order valence-corrected chi connectivity index (χ1v) is 7.42. The van der Waals surface area contributed by atoms with Crippen LogP contribution in [-0.2, 0) is 6.42 Å². The fourth-order valence-corrected chi connectivity index (χ4v) is 2.90. The molecule has 0 aliphatic heterocycles. The molecular formula is C15H22BrF2N. The Bertz CT molecular complexity index is 432. The van der Waals surface area contributed by atoms with Gasteiger partial charge in [0, 0.05) is 11.6 Å². The molecule has 0 spiro atoms. The topological polar surface area (TPSA) is 12.0 Å². The fraction of sp³-hybridized carbons (Fsp3) is 0.600. The Morgan fingerprint density at radius 2 is 1.95 bits per heavy atom. The molecule has 0 fully saturated rings. The Labute approximate surface area is 122 Å². The van der Waals surface area contributed by atoms with Crippen LogP contribution in [0.5, 0.6) is 0 Å². The van der Waals surface area contributed by atoms with E-state index in [-0.39, 0.29) is 11.0 Å². The van der Waals surface area contributed by atoms with Crippen molar-refractivity contribution in [1.82, 2.24) is 5.32 Å². The minimum atomic E-state index is -0.482. The Kier molecular flexibility index (Phi) is 5.93. The summed E-state index contributed by atoms with van der Waals surface area (Å²) in [7, 11) is 0. The highest BCUT2D eigenvalue weighted by molar-refractivity contribution is 9.10. The number of benzene rings is 1. The molecule has 19 heavy (non-hydrogen) atoms. The second kappa shape index (κ2) is 6.80. The lowest BCUT2D eigenvalue weighted by atomic mass is 9.80. The molecule has 1 aromatic carbocycles. The molecule has 0 aliphatic carbocycles. The Hall–Kier alpha value is -0.480. The number of hydrogen-bond donors (Lipinski definition) is 1. The highest BCUT2D eigenvalue weighted by Gasteiger charge is 2.25. The first-order valence-electron chi connectivity index (χ1n) is 6.62. The third-order valence-electron chi connectivity index (χ3n) is 3.21. The minimum absolute atomic E-state index is 0.163. The highest BCUT2D eigenvalue weighted by Crippen LogP contribution is 2.31. The summed E-state index contributed by atoms with van der Waals surface area (Å²) in [5, 5.41) is 3.33. The van der Waals surface area contributed by atoms with Crippen molar-refractivity contribution in [3.63, 3.8) is 0 Å². The van der Waals surface area contributed by atoms with Crippen molar-refractivity contribution in [2.45, 2.75) is 46.6 Å². The average Bonchev–Trinajstić information content (AvgIpc) is 2.29. The molecule has 1 nitrogen and oxygen atoms in total. The Morgan fingerprint density at radius 3 is 2.53 bits per heavy atom. The van der Waals surface area contributed by atoms with Crippen molar-refractivity contribution in [3.05, 3.63) is 33.8 Å². The summed E-state index contributed by atoms with van der Waals surface area (Å²) in [6.07, 6.45) is 1.26. The molecule has 1 aromatic rings. The molecule has 108 valence electrons. The van der Waals surface area contributed by atoms with E-state index in [1.165, 1.54) is 12.1 Å². The van der Waals surface area contributed by atoms with E-state index in [0.717, 1.165) is 13.0 Å². The van der Waals surface area contributed by atoms with Gasteiger partial charge in [-0.05, 0) is 59.8 Å². The zero-order chi connectivity index (χ0) is 14.6. The van der Waals surface area contributed by atoms with E-state index in [2.05, 4.69) is 35.1 Å². The molecule has 0 heterocycles. The van der Waals surface area contributed by atoms with E-state index in [9.17, 15) is 8.78 Å². The van der Waals surface area contributed by atoms with Gasteiger partial charge in [0.1, 0.15) is 11.6 Å². The molecule has 0 saturated carbocycles. The summed E-state index contributed by atoms with van der Waals surface area (Å²) in [5.41, 5.74) is 0.00687. The monoisotopic (exact) mass is 333 g/mol. The molecule has 0 bridgehead atoms. The second-order valence-electron chi connectivity index (χ2n) is 5.83. The van der Waals surface area contributed by atoms with Crippen LogP contribution in [0, 0.1) is 17.0 Å². The third kappa shape index (κ3) is 4.84. The van der Waals surface area contributed by atoms with Crippen molar-refractivity contribution >= 4 is 15.9 Å². The van der Waals surface area contributed by atoms with Crippen LogP contribution in [0.3, 0.4) is 0 Å². The molecule has 0 aromatic heterocycles. The van der Waals surface area contributed by atoms with Gasteiger partial charge in [0.25, 0.3) is 0 Å².